The van der Waals surface area contributed by atoms with Crippen LogP contribution in [0, 0.1) is 5.82 Å². The van der Waals surface area contributed by atoms with Crippen molar-refractivity contribution in [3.63, 3.8) is 0 Å². The second-order valence-corrected chi connectivity index (χ2v) is 3.00. The standard InChI is InChI=1S/C8H6ClFN2O3/c1-3(13)11-4-2-5(8(14)15)12-7(9)6(4)10/h2H,1H3,(H,14,15)(H,11,12,13). The van der Waals surface area contributed by atoms with Crippen molar-refractivity contribution >= 4 is 29.2 Å². The van der Waals surface area contributed by atoms with Crippen LogP contribution in [-0.2, 0) is 4.79 Å². The number of hydrogen-bond donors (Lipinski definition) is 2. The molecule has 1 amide bonds. The summed E-state index contributed by atoms with van der Waals surface area (Å²) < 4.78 is 13.2. The molecule has 7 heteroatoms. The fourth-order valence-electron chi connectivity index (χ4n) is 0.888. The maximum absolute atomic E-state index is 13.2. The summed E-state index contributed by atoms with van der Waals surface area (Å²) in [5.41, 5.74) is -0.745. The van der Waals surface area contributed by atoms with E-state index in [0.29, 0.717) is 0 Å². The summed E-state index contributed by atoms with van der Waals surface area (Å²) in [6.07, 6.45) is 0. The first-order chi connectivity index (χ1) is 6.91. The van der Waals surface area contributed by atoms with E-state index in [1.807, 2.05) is 0 Å². The number of amides is 1. The maximum Gasteiger partial charge on any atom is 0.354 e. The molecule has 0 spiro atoms. The minimum absolute atomic E-state index is 0.306. The van der Waals surface area contributed by atoms with Crippen LogP contribution in [0.4, 0.5) is 10.1 Å². The zero-order valence-electron chi connectivity index (χ0n) is 7.54. The van der Waals surface area contributed by atoms with Gasteiger partial charge in [0.25, 0.3) is 0 Å². The molecule has 0 radical (unpaired) electrons. The molecule has 0 saturated carbocycles. The Labute approximate surface area is 88.9 Å². The van der Waals surface area contributed by atoms with Crippen molar-refractivity contribution < 1.29 is 19.1 Å². The zero-order chi connectivity index (χ0) is 11.6. The fraction of sp³-hybridized carbons (Fsp3) is 0.125. The molecule has 0 saturated heterocycles. The maximum atomic E-state index is 13.2. The first kappa shape index (κ1) is 11.4. The number of carboxylic acid groups (broad SMARTS) is 1. The quantitative estimate of drug-likeness (QED) is 0.758. The number of aromatic nitrogens is 1. The zero-order valence-corrected chi connectivity index (χ0v) is 8.30. The monoisotopic (exact) mass is 232 g/mol. The Balaban J connectivity index is 3.24. The number of nitrogens with one attached hydrogen (secondary N) is 1. The lowest BCUT2D eigenvalue weighted by Gasteiger charge is -2.05. The number of hydrogen-bond acceptors (Lipinski definition) is 3. The van der Waals surface area contributed by atoms with Crippen molar-refractivity contribution in [2.45, 2.75) is 6.92 Å². The minimum Gasteiger partial charge on any atom is -0.477 e. The molecule has 80 valence electrons. The number of aromatic carboxylic acids is 1. The van der Waals surface area contributed by atoms with Crippen LogP contribution >= 0.6 is 11.6 Å². The molecule has 1 aromatic heterocycles. The van der Waals surface area contributed by atoms with E-state index >= 15 is 0 Å². The largest absolute Gasteiger partial charge is 0.477 e. The van der Waals surface area contributed by atoms with Crippen molar-refractivity contribution in [1.82, 2.24) is 4.98 Å². The van der Waals surface area contributed by atoms with Gasteiger partial charge in [0, 0.05) is 6.92 Å². The summed E-state index contributed by atoms with van der Waals surface area (Å²) in [4.78, 5) is 24.5. The summed E-state index contributed by atoms with van der Waals surface area (Å²) in [7, 11) is 0. The van der Waals surface area contributed by atoms with Gasteiger partial charge in [0.05, 0.1) is 5.69 Å². The molecule has 1 rings (SSSR count). The summed E-state index contributed by atoms with van der Waals surface area (Å²) in [5.74, 6) is -2.85. The topological polar surface area (TPSA) is 79.3 Å². The number of carbonyl (C=O) groups excluding carboxylic acids is 1. The van der Waals surface area contributed by atoms with E-state index in [4.69, 9.17) is 16.7 Å². The second kappa shape index (κ2) is 4.22. The molecule has 0 aromatic carbocycles. The van der Waals surface area contributed by atoms with Crippen LogP contribution < -0.4 is 5.32 Å². The van der Waals surface area contributed by atoms with E-state index in [2.05, 4.69) is 10.3 Å². The first-order valence-corrected chi connectivity index (χ1v) is 4.16. The van der Waals surface area contributed by atoms with Crippen molar-refractivity contribution in [2.24, 2.45) is 0 Å². The van der Waals surface area contributed by atoms with Gasteiger partial charge in [-0.1, -0.05) is 11.6 Å². The molecule has 0 aliphatic rings. The molecule has 0 atom stereocenters. The molecule has 0 fully saturated rings. The average Bonchev–Trinajstić information content (AvgIpc) is 2.11. The molecule has 1 aromatic rings. The summed E-state index contributed by atoms with van der Waals surface area (Å²) in [6.45, 7) is 1.16. The third-order valence-electron chi connectivity index (χ3n) is 1.45. The van der Waals surface area contributed by atoms with Crippen LogP contribution in [0.15, 0.2) is 6.07 Å². The summed E-state index contributed by atoms with van der Waals surface area (Å²) in [6, 6.07) is 0.894. The van der Waals surface area contributed by atoms with Crippen molar-refractivity contribution in [3.05, 3.63) is 22.7 Å². The van der Waals surface area contributed by atoms with Gasteiger partial charge in [-0.3, -0.25) is 4.79 Å². The van der Waals surface area contributed by atoms with Gasteiger partial charge >= 0.3 is 5.97 Å². The first-order valence-electron chi connectivity index (χ1n) is 3.78. The summed E-state index contributed by atoms with van der Waals surface area (Å²) >= 11 is 5.35. The van der Waals surface area contributed by atoms with Crippen LogP contribution in [0.1, 0.15) is 17.4 Å². The normalized spacial score (nSPS) is 9.80. The molecule has 0 unspecified atom stereocenters. The Morgan fingerprint density at radius 3 is 2.67 bits per heavy atom. The number of pyridine rings is 1. The van der Waals surface area contributed by atoms with E-state index in [1.165, 1.54) is 0 Å². The number of anilines is 1. The third-order valence-corrected chi connectivity index (χ3v) is 1.70. The summed E-state index contributed by atoms with van der Waals surface area (Å²) in [5, 5.41) is 10.1. The van der Waals surface area contributed by atoms with E-state index < -0.39 is 28.5 Å². The molecule has 2 N–H and O–H groups in total. The van der Waals surface area contributed by atoms with Crippen molar-refractivity contribution in [3.8, 4) is 0 Å². The lowest BCUT2D eigenvalue weighted by atomic mass is 10.3. The van der Waals surface area contributed by atoms with Gasteiger partial charge in [-0.05, 0) is 6.07 Å². The van der Waals surface area contributed by atoms with Gasteiger partial charge in [0.1, 0.15) is 0 Å². The third kappa shape index (κ3) is 2.63. The molecule has 1 heterocycles. The Morgan fingerprint density at radius 2 is 2.20 bits per heavy atom. The van der Waals surface area contributed by atoms with Gasteiger partial charge in [-0.2, -0.15) is 0 Å². The van der Waals surface area contributed by atoms with Crippen LogP contribution in [0.25, 0.3) is 0 Å². The SMILES string of the molecule is CC(=O)Nc1cc(C(=O)O)nc(Cl)c1F. The van der Waals surface area contributed by atoms with E-state index in [1.54, 1.807) is 0 Å². The van der Waals surface area contributed by atoms with Crippen LogP contribution in [-0.4, -0.2) is 22.0 Å². The Hall–Kier alpha value is -1.69. The minimum atomic E-state index is -1.36. The number of nitrogens with zero attached hydrogens (tertiary/aromatic N) is 1. The average molecular weight is 233 g/mol. The molecule has 0 aliphatic carbocycles. The van der Waals surface area contributed by atoms with Gasteiger partial charge in [0.15, 0.2) is 16.7 Å². The Kier molecular flexibility index (Phi) is 3.21. The number of carboxylic acids is 1. The van der Waals surface area contributed by atoms with Crippen molar-refractivity contribution in [2.75, 3.05) is 5.32 Å². The molecule has 0 bridgehead atoms. The molecular weight excluding hydrogens is 227 g/mol. The van der Waals surface area contributed by atoms with E-state index in [9.17, 15) is 14.0 Å². The Morgan fingerprint density at radius 1 is 1.60 bits per heavy atom. The lowest BCUT2D eigenvalue weighted by Crippen LogP contribution is -2.11. The highest BCUT2D eigenvalue weighted by atomic mass is 35.5. The molecule has 0 aliphatic heterocycles. The van der Waals surface area contributed by atoms with Gasteiger partial charge in [0.2, 0.25) is 5.91 Å². The number of halogens is 2. The fourth-order valence-corrected chi connectivity index (χ4v) is 1.08. The lowest BCUT2D eigenvalue weighted by molar-refractivity contribution is -0.114. The highest BCUT2D eigenvalue weighted by Gasteiger charge is 2.15. The van der Waals surface area contributed by atoms with Crippen LogP contribution in [0.5, 0.6) is 0 Å². The number of carbonyl (C=O) groups is 2. The Bertz CT molecular complexity index is 436. The second-order valence-electron chi connectivity index (χ2n) is 2.65. The smallest absolute Gasteiger partial charge is 0.354 e. The predicted molar refractivity (Wildman–Crippen MR) is 50.5 cm³/mol. The predicted octanol–water partition coefficient (Wildman–Crippen LogP) is 1.53. The molecule has 15 heavy (non-hydrogen) atoms. The van der Waals surface area contributed by atoms with Gasteiger partial charge in [-0.25, -0.2) is 14.2 Å². The van der Waals surface area contributed by atoms with Crippen molar-refractivity contribution in [1.29, 1.82) is 0 Å². The molecular formula is C8H6ClFN2O3. The molecule has 5 nitrogen and oxygen atoms in total. The van der Waals surface area contributed by atoms with Crippen LogP contribution in [0.2, 0.25) is 5.15 Å². The highest BCUT2D eigenvalue weighted by molar-refractivity contribution is 6.30. The van der Waals surface area contributed by atoms with Gasteiger partial charge < -0.3 is 10.4 Å². The van der Waals surface area contributed by atoms with E-state index in [-0.39, 0.29) is 5.69 Å². The highest BCUT2D eigenvalue weighted by Crippen LogP contribution is 2.21. The van der Waals surface area contributed by atoms with Crippen LogP contribution in [0.3, 0.4) is 0 Å². The number of rotatable bonds is 2. The van der Waals surface area contributed by atoms with Gasteiger partial charge in [-0.15, -0.1) is 0 Å². The van der Waals surface area contributed by atoms with E-state index in [0.717, 1.165) is 13.0 Å².